The van der Waals surface area contributed by atoms with E-state index in [9.17, 15) is 0 Å². The molecule has 0 amide bonds. The van der Waals surface area contributed by atoms with Crippen LogP contribution in [0.1, 0.15) is 25.0 Å². The lowest BCUT2D eigenvalue weighted by molar-refractivity contribution is 0.660. The summed E-state index contributed by atoms with van der Waals surface area (Å²) in [6.07, 6.45) is 0. The van der Waals surface area contributed by atoms with Gasteiger partial charge in [-0.2, -0.15) is 0 Å². The lowest BCUT2D eigenvalue weighted by Gasteiger charge is -2.28. The third kappa shape index (κ3) is 4.20. The summed E-state index contributed by atoms with van der Waals surface area (Å²) < 4.78 is 6.25. The Morgan fingerprint density at radius 3 is 1.86 bits per heavy atom. The van der Waals surface area contributed by atoms with E-state index in [1.807, 2.05) is 0 Å². The van der Waals surface area contributed by atoms with Crippen molar-refractivity contribution in [3.63, 3.8) is 0 Å². The molecule has 1 heterocycles. The van der Waals surface area contributed by atoms with E-state index >= 15 is 0 Å². The second-order valence-corrected chi connectivity index (χ2v) is 13.8. The molecule has 49 heavy (non-hydrogen) atoms. The Kier molecular flexibility index (Phi) is 5.95. The van der Waals surface area contributed by atoms with Gasteiger partial charge in [-0.05, 0) is 104 Å². The quantitative estimate of drug-likeness (QED) is 0.177. The summed E-state index contributed by atoms with van der Waals surface area (Å²) in [5.41, 5.74) is 15.4. The van der Waals surface area contributed by atoms with Crippen molar-refractivity contribution in [2.45, 2.75) is 19.3 Å². The van der Waals surface area contributed by atoms with Crippen molar-refractivity contribution in [3.8, 4) is 33.4 Å². The molecule has 232 valence electrons. The van der Waals surface area contributed by atoms with E-state index in [1.54, 1.807) is 0 Å². The minimum Gasteiger partial charge on any atom is -0.456 e. The number of furan rings is 1. The Bertz CT molecular complexity index is 2660. The van der Waals surface area contributed by atoms with Crippen LogP contribution in [0, 0.1) is 0 Å². The van der Waals surface area contributed by atoms with Gasteiger partial charge >= 0.3 is 0 Å². The molecule has 0 N–H and O–H groups in total. The standard InChI is InChI=1S/C47H33NO/c1-47(2)41-13-7-6-12-38(41)39-26-24-36(29-42(39)47)48(34-20-15-31(16-21-34)30-9-4-3-5-10-30)35-22-17-32(18-23-35)37-27-28-44-46-40(37)25-19-33-11-8-14-43(49-44)45(33)46/h3-29H,1-2H3. The van der Waals surface area contributed by atoms with Crippen molar-refractivity contribution in [2.75, 3.05) is 4.90 Å². The summed E-state index contributed by atoms with van der Waals surface area (Å²) in [6.45, 7) is 4.69. The van der Waals surface area contributed by atoms with E-state index in [4.69, 9.17) is 4.42 Å². The molecule has 0 radical (unpaired) electrons. The number of benzene rings is 8. The van der Waals surface area contributed by atoms with Crippen LogP contribution in [0.2, 0.25) is 0 Å². The van der Waals surface area contributed by atoms with Crippen molar-refractivity contribution in [1.29, 1.82) is 0 Å². The monoisotopic (exact) mass is 627 g/mol. The van der Waals surface area contributed by atoms with E-state index < -0.39 is 0 Å². The maximum Gasteiger partial charge on any atom is 0.136 e. The first kappa shape index (κ1) is 27.9. The Hall–Kier alpha value is -6.12. The van der Waals surface area contributed by atoms with Crippen molar-refractivity contribution in [2.24, 2.45) is 0 Å². The lowest BCUT2D eigenvalue weighted by Crippen LogP contribution is -2.16. The molecule has 0 fully saturated rings. The zero-order valence-corrected chi connectivity index (χ0v) is 27.4. The summed E-state index contributed by atoms with van der Waals surface area (Å²) in [7, 11) is 0. The number of hydrogen-bond acceptors (Lipinski definition) is 2. The Morgan fingerprint density at radius 1 is 0.429 bits per heavy atom. The minimum atomic E-state index is -0.0840. The van der Waals surface area contributed by atoms with Gasteiger partial charge in [-0.1, -0.05) is 129 Å². The Labute approximate surface area is 285 Å². The molecule has 1 aromatic heterocycles. The highest BCUT2D eigenvalue weighted by Crippen LogP contribution is 2.51. The van der Waals surface area contributed by atoms with E-state index in [-0.39, 0.29) is 5.41 Å². The van der Waals surface area contributed by atoms with Gasteiger partial charge in [0.15, 0.2) is 0 Å². The van der Waals surface area contributed by atoms with Gasteiger partial charge in [-0.15, -0.1) is 0 Å². The fourth-order valence-electron chi connectivity index (χ4n) is 8.20. The van der Waals surface area contributed by atoms with Crippen molar-refractivity contribution < 1.29 is 4.42 Å². The zero-order chi connectivity index (χ0) is 32.7. The zero-order valence-electron chi connectivity index (χ0n) is 27.4. The molecule has 2 nitrogen and oxygen atoms in total. The van der Waals surface area contributed by atoms with Crippen LogP contribution in [-0.4, -0.2) is 0 Å². The van der Waals surface area contributed by atoms with Crippen LogP contribution in [-0.2, 0) is 5.41 Å². The topological polar surface area (TPSA) is 16.4 Å². The summed E-state index contributed by atoms with van der Waals surface area (Å²) in [5.74, 6) is 0. The van der Waals surface area contributed by atoms with Gasteiger partial charge < -0.3 is 9.32 Å². The normalized spacial score (nSPS) is 13.3. The SMILES string of the molecule is CC1(C)c2ccccc2-c2ccc(N(c3ccc(-c4ccccc4)cc3)c3ccc(-c4ccc5oc6cccc7ccc4c5c76)cc3)cc21. The summed E-state index contributed by atoms with van der Waals surface area (Å²) in [4.78, 5) is 2.39. The average molecular weight is 628 g/mol. The number of hydrogen-bond donors (Lipinski definition) is 0. The van der Waals surface area contributed by atoms with E-state index in [1.165, 1.54) is 66.1 Å². The number of nitrogens with zero attached hydrogens (tertiary/aromatic N) is 1. The number of rotatable bonds is 5. The van der Waals surface area contributed by atoms with Crippen LogP contribution in [0.15, 0.2) is 168 Å². The molecule has 9 aromatic rings. The number of anilines is 3. The molecule has 10 rings (SSSR count). The lowest BCUT2D eigenvalue weighted by atomic mass is 9.82. The highest BCUT2D eigenvalue weighted by molar-refractivity contribution is 6.24. The molecule has 0 spiro atoms. The van der Waals surface area contributed by atoms with E-state index in [0.29, 0.717) is 0 Å². The van der Waals surface area contributed by atoms with Gasteiger partial charge in [0.1, 0.15) is 11.2 Å². The largest absolute Gasteiger partial charge is 0.456 e. The van der Waals surface area contributed by atoms with Gasteiger partial charge in [0.25, 0.3) is 0 Å². The smallest absolute Gasteiger partial charge is 0.136 e. The van der Waals surface area contributed by atoms with Crippen LogP contribution in [0.3, 0.4) is 0 Å². The van der Waals surface area contributed by atoms with Crippen molar-refractivity contribution >= 4 is 49.8 Å². The highest BCUT2D eigenvalue weighted by atomic mass is 16.3. The average Bonchev–Trinajstić information content (AvgIpc) is 3.65. The molecule has 8 aromatic carbocycles. The van der Waals surface area contributed by atoms with Gasteiger partial charge in [-0.3, -0.25) is 0 Å². The van der Waals surface area contributed by atoms with Crippen molar-refractivity contribution in [3.05, 3.63) is 175 Å². The third-order valence-corrected chi connectivity index (χ3v) is 10.7. The molecule has 1 aliphatic carbocycles. The van der Waals surface area contributed by atoms with E-state index in [2.05, 4.69) is 183 Å². The number of fused-ring (bicyclic) bond motifs is 3. The maximum absolute atomic E-state index is 6.25. The van der Waals surface area contributed by atoms with Gasteiger partial charge in [0.2, 0.25) is 0 Å². The third-order valence-electron chi connectivity index (χ3n) is 10.7. The van der Waals surface area contributed by atoms with Crippen LogP contribution < -0.4 is 4.90 Å². The molecule has 0 aliphatic heterocycles. The Morgan fingerprint density at radius 2 is 1.06 bits per heavy atom. The Balaban J connectivity index is 1.10. The van der Waals surface area contributed by atoms with Crippen LogP contribution in [0.4, 0.5) is 17.1 Å². The highest BCUT2D eigenvalue weighted by Gasteiger charge is 2.35. The van der Waals surface area contributed by atoms with Gasteiger partial charge in [-0.25, -0.2) is 0 Å². The second-order valence-electron chi connectivity index (χ2n) is 13.8. The predicted octanol–water partition coefficient (Wildman–Crippen LogP) is 13.3. The fourth-order valence-corrected chi connectivity index (χ4v) is 8.20. The van der Waals surface area contributed by atoms with Gasteiger partial charge in [0, 0.05) is 33.2 Å². The molecule has 0 atom stereocenters. The second kappa shape index (κ2) is 10.4. The molecule has 0 saturated carbocycles. The summed E-state index contributed by atoms with van der Waals surface area (Å²) in [6, 6.07) is 59.5. The van der Waals surface area contributed by atoms with E-state index in [0.717, 1.165) is 28.2 Å². The molecule has 1 aliphatic rings. The summed E-state index contributed by atoms with van der Waals surface area (Å²) >= 11 is 0. The van der Waals surface area contributed by atoms with Crippen LogP contribution >= 0.6 is 0 Å². The van der Waals surface area contributed by atoms with Crippen molar-refractivity contribution in [1.82, 2.24) is 0 Å². The maximum atomic E-state index is 6.25. The molecule has 0 bridgehead atoms. The first-order chi connectivity index (χ1) is 24.0. The first-order valence-corrected chi connectivity index (χ1v) is 17.0. The predicted molar refractivity (Wildman–Crippen MR) is 206 cm³/mol. The minimum absolute atomic E-state index is 0.0840. The molecule has 0 unspecified atom stereocenters. The van der Waals surface area contributed by atoms with Gasteiger partial charge in [0.05, 0.1) is 0 Å². The molecular formula is C47H33NO. The molecule has 0 saturated heterocycles. The molecular weight excluding hydrogens is 595 g/mol. The molecule has 2 heteroatoms. The summed E-state index contributed by atoms with van der Waals surface area (Å²) in [5, 5.41) is 4.85. The fraction of sp³-hybridized carbons (Fsp3) is 0.0638. The van der Waals surface area contributed by atoms with Crippen LogP contribution in [0.5, 0.6) is 0 Å². The van der Waals surface area contributed by atoms with Crippen LogP contribution in [0.25, 0.3) is 66.1 Å². The first-order valence-electron chi connectivity index (χ1n) is 17.0.